The number of ether oxygens (including phenoxy) is 2. The van der Waals surface area contributed by atoms with Crippen LogP contribution in [0.15, 0.2) is 24.8 Å². The van der Waals surface area contributed by atoms with Crippen molar-refractivity contribution in [1.82, 2.24) is 9.80 Å². The number of fused-ring (bicyclic) bond motifs is 1. The average Bonchev–Trinajstić information content (AvgIpc) is 3.02. The fourth-order valence-electron chi connectivity index (χ4n) is 2.90. The van der Waals surface area contributed by atoms with Gasteiger partial charge in [-0.15, -0.1) is 0 Å². The van der Waals surface area contributed by atoms with Gasteiger partial charge in [0.1, 0.15) is 18.0 Å². The van der Waals surface area contributed by atoms with Gasteiger partial charge in [0, 0.05) is 31.8 Å². The van der Waals surface area contributed by atoms with Crippen LogP contribution in [0.25, 0.3) is 0 Å². The fourth-order valence-corrected chi connectivity index (χ4v) is 2.90. The summed E-state index contributed by atoms with van der Waals surface area (Å²) in [6.45, 7) is 11.2. The first kappa shape index (κ1) is 21.8. The van der Waals surface area contributed by atoms with Gasteiger partial charge >= 0.3 is 6.09 Å². The first-order valence-electron chi connectivity index (χ1n) is 9.33. The molecule has 0 aromatic heterocycles. The maximum absolute atomic E-state index is 12.5. The Hall–Kier alpha value is -2.54. The van der Waals surface area contributed by atoms with Crippen LogP contribution in [-0.2, 0) is 22.6 Å². The molecule has 0 bridgehead atoms. The molecular formula is C21H31N3O4. The molecular weight excluding hydrogens is 358 g/mol. The molecule has 0 fully saturated rings. The molecule has 2 amide bonds. The topological polar surface area (TPSA) is 62.3 Å². The van der Waals surface area contributed by atoms with Gasteiger partial charge in [0.2, 0.25) is 5.91 Å². The SMILES string of the molecule is C=CC(=O)N(C)c1cc(OCCN(C)C)cc2c1CN(C(=O)OC(C)(C)C)C2. The third-order valence-corrected chi connectivity index (χ3v) is 4.33. The Labute approximate surface area is 167 Å². The van der Waals surface area contributed by atoms with Crippen LogP contribution in [-0.4, -0.2) is 61.7 Å². The normalized spacial score (nSPS) is 13.3. The zero-order valence-electron chi connectivity index (χ0n) is 17.7. The Balaban J connectivity index is 2.30. The third kappa shape index (κ3) is 5.48. The van der Waals surface area contributed by atoms with Crippen molar-refractivity contribution in [3.8, 4) is 5.75 Å². The van der Waals surface area contributed by atoms with Gasteiger partial charge in [0.05, 0.1) is 12.2 Å². The first-order valence-corrected chi connectivity index (χ1v) is 9.33. The summed E-state index contributed by atoms with van der Waals surface area (Å²) in [7, 11) is 5.65. The molecule has 0 radical (unpaired) electrons. The second kappa shape index (κ2) is 8.65. The van der Waals surface area contributed by atoms with Gasteiger partial charge in [-0.25, -0.2) is 4.79 Å². The summed E-state index contributed by atoms with van der Waals surface area (Å²) in [5.74, 6) is 0.453. The lowest BCUT2D eigenvalue weighted by molar-refractivity contribution is -0.113. The molecule has 0 saturated carbocycles. The number of carbonyl (C=O) groups excluding carboxylic acids is 2. The molecule has 7 heteroatoms. The highest BCUT2D eigenvalue weighted by Crippen LogP contribution is 2.36. The van der Waals surface area contributed by atoms with Gasteiger partial charge in [0.15, 0.2) is 0 Å². The summed E-state index contributed by atoms with van der Waals surface area (Å²) in [5, 5.41) is 0. The van der Waals surface area contributed by atoms with Crippen LogP contribution in [0.2, 0.25) is 0 Å². The van der Waals surface area contributed by atoms with Crippen LogP contribution >= 0.6 is 0 Å². The number of amides is 2. The van der Waals surface area contributed by atoms with Gasteiger partial charge in [-0.2, -0.15) is 0 Å². The van der Waals surface area contributed by atoms with Gasteiger partial charge in [-0.05, 0) is 52.6 Å². The van der Waals surface area contributed by atoms with Crippen molar-refractivity contribution in [3.63, 3.8) is 0 Å². The molecule has 1 aliphatic heterocycles. The Morgan fingerprint density at radius 1 is 1.21 bits per heavy atom. The molecule has 0 saturated heterocycles. The standard InChI is InChI=1S/C21H31N3O4/c1-8-19(25)23(7)18-12-16(27-10-9-22(5)6)11-15-13-24(14-17(15)18)20(26)28-21(2,3)4/h8,11-12H,1,9-10,13-14H2,2-7H3. The fraction of sp³-hybridized carbons (Fsp3) is 0.524. The summed E-state index contributed by atoms with van der Waals surface area (Å²) in [5.41, 5.74) is 2.02. The van der Waals surface area contributed by atoms with E-state index in [0.29, 0.717) is 31.1 Å². The summed E-state index contributed by atoms with van der Waals surface area (Å²) in [6.07, 6.45) is 0.898. The minimum absolute atomic E-state index is 0.219. The number of anilines is 1. The number of hydrogen-bond acceptors (Lipinski definition) is 5. The Kier molecular flexibility index (Phi) is 6.72. The van der Waals surface area contributed by atoms with E-state index >= 15 is 0 Å². The van der Waals surface area contributed by atoms with Crippen LogP contribution in [0, 0.1) is 0 Å². The van der Waals surface area contributed by atoms with Crippen LogP contribution in [0.4, 0.5) is 10.5 Å². The summed E-state index contributed by atoms with van der Waals surface area (Å²) >= 11 is 0. The largest absolute Gasteiger partial charge is 0.492 e. The Morgan fingerprint density at radius 3 is 2.46 bits per heavy atom. The predicted molar refractivity (Wildman–Crippen MR) is 110 cm³/mol. The molecule has 2 rings (SSSR count). The molecule has 0 unspecified atom stereocenters. The molecule has 1 aromatic rings. The van der Waals surface area contributed by atoms with E-state index in [1.165, 1.54) is 11.0 Å². The van der Waals surface area contributed by atoms with E-state index in [0.717, 1.165) is 17.7 Å². The highest BCUT2D eigenvalue weighted by molar-refractivity contribution is 6.01. The zero-order valence-corrected chi connectivity index (χ0v) is 17.7. The number of likely N-dealkylation sites (N-methyl/N-ethyl adjacent to an activating group) is 2. The number of benzene rings is 1. The number of nitrogens with zero attached hydrogens (tertiary/aromatic N) is 3. The number of hydrogen-bond donors (Lipinski definition) is 0. The zero-order chi connectivity index (χ0) is 21.1. The molecule has 1 aliphatic rings. The van der Waals surface area contributed by atoms with E-state index in [1.807, 2.05) is 51.9 Å². The maximum Gasteiger partial charge on any atom is 0.410 e. The van der Waals surface area contributed by atoms with Crippen LogP contribution in [0.5, 0.6) is 5.75 Å². The lowest BCUT2D eigenvalue weighted by Gasteiger charge is -2.24. The lowest BCUT2D eigenvalue weighted by atomic mass is 10.1. The van der Waals surface area contributed by atoms with E-state index < -0.39 is 5.60 Å². The summed E-state index contributed by atoms with van der Waals surface area (Å²) in [4.78, 5) is 29.9. The van der Waals surface area contributed by atoms with E-state index in [9.17, 15) is 9.59 Å². The number of carbonyl (C=O) groups is 2. The molecule has 154 valence electrons. The van der Waals surface area contributed by atoms with Crippen molar-refractivity contribution >= 4 is 17.7 Å². The molecule has 0 N–H and O–H groups in total. The van der Waals surface area contributed by atoms with Gasteiger partial charge in [-0.3, -0.25) is 9.69 Å². The van der Waals surface area contributed by atoms with Crippen molar-refractivity contribution in [2.45, 2.75) is 39.5 Å². The van der Waals surface area contributed by atoms with Crippen LogP contribution in [0.1, 0.15) is 31.9 Å². The second-order valence-electron chi connectivity index (χ2n) is 8.17. The number of rotatable bonds is 6. The van der Waals surface area contributed by atoms with Crippen LogP contribution < -0.4 is 9.64 Å². The van der Waals surface area contributed by atoms with Crippen molar-refractivity contribution < 1.29 is 19.1 Å². The molecule has 0 atom stereocenters. The lowest BCUT2D eigenvalue weighted by Crippen LogP contribution is -2.33. The van der Waals surface area contributed by atoms with E-state index in [2.05, 4.69) is 6.58 Å². The van der Waals surface area contributed by atoms with E-state index in [-0.39, 0.29) is 12.0 Å². The molecule has 0 aliphatic carbocycles. The van der Waals surface area contributed by atoms with Crippen molar-refractivity contribution in [1.29, 1.82) is 0 Å². The first-order chi connectivity index (χ1) is 13.0. The van der Waals surface area contributed by atoms with Gasteiger partial charge < -0.3 is 19.3 Å². The van der Waals surface area contributed by atoms with Crippen molar-refractivity contribution in [2.24, 2.45) is 0 Å². The highest BCUT2D eigenvalue weighted by atomic mass is 16.6. The van der Waals surface area contributed by atoms with Gasteiger partial charge in [0.25, 0.3) is 0 Å². The minimum atomic E-state index is -0.565. The molecule has 1 aromatic carbocycles. The average molecular weight is 389 g/mol. The van der Waals surface area contributed by atoms with Crippen LogP contribution in [0.3, 0.4) is 0 Å². The second-order valence-corrected chi connectivity index (χ2v) is 8.17. The molecule has 28 heavy (non-hydrogen) atoms. The maximum atomic E-state index is 12.5. The van der Waals surface area contributed by atoms with E-state index in [1.54, 1.807) is 11.9 Å². The van der Waals surface area contributed by atoms with Gasteiger partial charge in [-0.1, -0.05) is 6.58 Å². The summed E-state index contributed by atoms with van der Waals surface area (Å²) < 4.78 is 11.4. The summed E-state index contributed by atoms with van der Waals surface area (Å²) in [6, 6.07) is 3.78. The highest BCUT2D eigenvalue weighted by Gasteiger charge is 2.31. The minimum Gasteiger partial charge on any atom is -0.492 e. The Bertz CT molecular complexity index is 753. The monoisotopic (exact) mass is 389 g/mol. The molecule has 7 nitrogen and oxygen atoms in total. The molecule has 1 heterocycles. The quantitative estimate of drug-likeness (QED) is 0.700. The predicted octanol–water partition coefficient (Wildman–Crippen LogP) is 3.03. The van der Waals surface area contributed by atoms with Crippen molar-refractivity contribution in [3.05, 3.63) is 35.9 Å². The smallest absolute Gasteiger partial charge is 0.410 e. The van der Waals surface area contributed by atoms with Crippen molar-refractivity contribution in [2.75, 3.05) is 39.2 Å². The van der Waals surface area contributed by atoms with E-state index in [4.69, 9.17) is 9.47 Å². The molecule has 0 spiro atoms. The Morgan fingerprint density at radius 2 is 1.89 bits per heavy atom. The third-order valence-electron chi connectivity index (χ3n) is 4.33.